The van der Waals surface area contributed by atoms with Crippen molar-refractivity contribution in [1.29, 1.82) is 0 Å². The molecule has 1 aliphatic carbocycles. The first-order valence-electron chi connectivity index (χ1n) is 10.2. The summed E-state index contributed by atoms with van der Waals surface area (Å²) in [7, 11) is 0. The first-order valence-corrected chi connectivity index (χ1v) is 11.2. The molecule has 5 rings (SSSR count). The van der Waals surface area contributed by atoms with Crippen LogP contribution in [0.4, 0.5) is 4.79 Å². The number of carboxylic acids is 1. The van der Waals surface area contributed by atoms with Gasteiger partial charge in [0, 0.05) is 11.7 Å². The molecule has 2 aliphatic rings. The highest BCUT2D eigenvalue weighted by atomic mass is 32.2. The highest BCUT2D eigenvalue weighted by molar-refractivity contribution is 7.99. The van der Waals surface area contributed by atoms with Crippen molar-refractivity contribution in [1.82, 2.24) is 4.90 Å². The van der Waals surface area contributed by atoms with Gasteiger partial charge < -0.3 is 9.84 Å². The van der Waals surface area contributed by atoms with Crippen molar-refractivity contribution in [3.63, 3.8) is 0 Å². The Hall–Kier alpha value is -3.25. The molecule has 6 heteroatoms. The zero-order valence-electron chi connectivity index (χ0n) is 16.7. The van der Waals surface area contributed by atoms with Crippen molar-refractivity contribution < 1.29 is 19.4 Å². The summed E-state index contributed by atoms with van der Waals surface area (Å²) in [5, 5.41) is 9.30. The Labute approximate surface area is 184 Å². The number of amides is 1. The van der Waals surface area contributed by atoms with E-state index >= 15 is 0 Å². The zero-order valence-corrected chi connectivity index (χ0v) is 17.5. The molecule has 5 nitrogen and oxygen atoms in total. The number of fused-ring (bicyclic) bond motifs is 3. The number of nitrogens with zero attached hydrogens (tertiary/aromatic N) is 1. The summed E-state index contributed by atoms with van der Waals surface area (Å²) in [6, 6.07) is 24.9. The Morgan fingerprint density at radius 2 is 1.48 bits per heavy atom. The molecule has 0 radical (unpaired) electrons. The van der Waals surface area contributed by atoms with Crippen LogP contribution >= 0.6 is 11.8 Å². The van der Waals surface area contributed by atoms with E-state index in [4.69, 9.17) is 4.74 Å². The fraction of sp³-hybridized carbons (Fsp3) is 0.200. The number of thioether (sulfide) groups is 1. The fourth-order valence-electron chi connectivity index (χ4n) is 4.46. The van der Waals surface area contributed by atoms with Gasteiger partial charge in [0.25, 0.3) is 0 Å². The number of hydrogen-bond acceptors (Lipinski definition) is 4. The maximum Gasteiger partial charge on any atom is 0.411 e. The molecular formula is C25H21NO4S. The molecule has 0 unspecified atom stereocenters. The lowest BCUT2D eigenvalue weighted by Gasteiger charge is -2.27. The number of carbonyl (C=O) groups excluding carboxylic acids is 1. The number of carboxylic acid groups (broad SMARTS) is 1. The molecule has 2 atom stereocenters. The first kappa shape index (κ1) is 19.7. The molecule has 1 amide bonds. The molecule has 1 heterocycles. The van der Waals surface area contributed by atoms with E-state index in [-0.39, 0.29) is 17.9 Å². The number of hydrogen-bond donors (Lipinski definition) is 1. The third-order valence-corrected chi connectivity index (χ3v) is 7.24. The van der Waals surface area contributed by atoms with Gasteiger partial charge in [-0.25, -0.2) is 9.59 Å². The predicted molar refractivity (Wildman–Crippen MR) is 120 cm³/mol. The van der Waals surface area contributed by atoms with E-state index in [9.17, 15) is 14.7 Å². The van der Waals surface area contributed by atoms with E-state index < -0.39 is 18.1 Å². The van der Waals surface area contributed by atoms with Gasteiger partial charge in [-0.15, -0.1) is 11.8 Å². The summed E-state index contributed by atoms with van der Waals surface area (Å²) in [6.45, 7) is 0.169. The third-order valence-electron chi connectivity index (χ3n) is 5.92. The van der Waals surface area contributed by atoms with Crippen molar-refractivity contribution in [3.05, 3.63) is 95.6 Å². The van der Waals surface area contributed by atoms with E-state index in [0.29, 0.717) is 5.75 Å². The van der Waals surface area contributed by atoms with E-state index in [2.05, 4.69) is 24.3 Å². The maximum absolute atomic E-state index is 13.2. The largest absolute Gasteiger partial charge is 0.480 e. The second-order valence-corrected chi connectivity index (χ2v) is 8.77. The van der Waals surface area contributed by atoms with Gasteiger partial charge in [0.2, 0.25) is 0 Å². The van der Waals surface area contributed by atoms with Crippen LogP contribution in [0.5, 0.6) is 0 Å². The number of ether oxygens (including phenoxy) is 1. The lowest BCUT2D eigenvalue weighted by Crippen LogP contribution is -2.43. The van der Waals surface area contributed by atoms with Crippen LogP contribution in [-0.4, -0.2) is 40.5 Å². The highest BCUT2D eigenvalue weighted by Gasteiger charge is 2.43. The Morgan fingerprint density at radius 3 is 2.10 bits per heavy atom. The Balaban J connectivity index is 1.40. The summed E-state index contributed by atoms with van der Waals surface area (Å²) >= 11 is 1.45. The Kier molecular flexibility index (Phi) is 5.16. The summed E-state index contributed by atoms with van der Waals surface area (Å²) in [5.74, 6) is -0.747. The molecule has 0 spiro atoms. The molecule has 31 heavy (non-hydrogen) atoms. The van der Waals surface area contributed by atoms with Crippen LogP contribution in [-0.2, 0) is 9.53 Å². The molecule has 1 saturated heterocycles. The van der Waals surface area contributed by atoms with Gasteiger partial charge in [-0.05, 0) is 27.8 Å². The van der Waals surface area contributed by atoms with E-state index in [1.165, 1.54) is 16.7 Å². The maximum atomic E-state index is 13.2. The van der Waals surface area contributed by atoms with Crippen LogP contribution in [0.15, 0.2) is 78.9 Å². The van der Waals surface area contributed by atoms with Crippen LogP contribution in [0, 0.1) is 0 Å². The molecule has 0 aromatic heterocycles. The minimum absolute atomic E-state index is 0.0648. The van der Waals surface area contributed by atoms with Gasteiger partial charge >= 0.3 is 12.1 Å². The lowest BCUT2D eigenvalue weighted by atomic mass is 9.98. The fourth-order valence-corrected chi connectivity index (χ4v) is 5.87. The molecule has 1 aliphatic heterocycles. The normalized spacial score (nSPS) is 19.7. The van der Waals surface area contributed by atoms with E-state index in [0.717, 1.165) is 27.8 Å². The minimum atomic E-state index is -1.01. The van der Waals surface area contributed by atoms with E-state index in [1.807, 2.05) is 54.6 Å². The number of aliphatic carboxylic acids is 1. The minimum Gasteiger partial charge on any atom is -0.480 e. The smallest absolute Gasteiger partial charge is 0.411 e. The second kappa shape index (κ2) is 8.12. The van der Waals surface area contributed by atoms with Crippen molar-refractivity contribution in [2.45, 2.75) is 17.3 Å². The molecule has 0 saturated carbocycles. The molecule has 3 aromatic carbocycles. The Bertz CT molecular complexity index is 1090. The zero-order chi connectivity index (χ0) is 21.4. The van der Waals surface area contributed by atoms with Crippen LogP contribution in [0.1, 0.15) is 28.0 Å². The molecule has 3 aromatic rings. The number of rotatable bonds is 4. The first-order chi connectivity index (χ1) is 15.1. The van der Waals surface area contributed by atoms with Crippen molar-refractivity contribution in [3.8, 4) is 11.1 Å². The second-order valence-electron chi connectivity index (χ2n) is 7.66. The number of benzene rings is 3. The van der Waals surface area contributed by atoms with Gasteiger partial charge in [-0.3, -0.25) is 4.90 Å². The average molecular weight is 432 g/mol. The molecule has 1 fully saturated rings. The molecular weight excluding hydrogens is 410 g/mol. The van der Waals surface area contributed by atoms with Gasteiger partial charge in [0.05, 0.1) is 0 Å². The monoisotopic (exact) mass is 431 g/mol. The van der Waals surface area contributed by atoms with Gasteiger partial charge in [0.1, 0.15) is 18.0 Å². The van der Waals surface area contributed by atoms with Crippen LogP contribution in [0.25, 0.3) is 11.1 Å². The lowest BCUT2D eigenvalue weighted by molar-refractivity contribution is -0.141. The van der Waals surface area contributed by atoms with Crippen LogP contribution in [0.2, 0.25) is 0 Å². The summed E-state index contributed by atoms with van der Waals surface area (Å²) in [6.07, 6.45) is -0.590. The quantitative estimate of drug-likeness (QED) is 0.620. The topological polar surface area (TPSA) is 66.8 Å². The number of carbonyl (C=O) groups is 2. The van der Waals surface area contributed by atoms with Crippen molar-refractivity contribution in [2.24, 2.45) is 0 Å². The Morgan fingerprint density at radius 1 is 0.903 bits per heavy atom. The molecule has 156 valence electrons. The standard InChI is InChI=1S/C25H21NO4S/c27-24(28)22-15-31-23(16-8-2-1-3-9-16)26(22)25(29)30-14-21-19-12-6-4-10-17(19)18-11-5-7-13-20(18)21/h1-13,21-23H,14-15H2,(H,27,28)/t22-,23+/m1/s1. The summed E-state index contributed by atoms with van der Waals surface area (Å²) < 4.78 is 5.77. The summed E-state index contributed by atoms with van der Waals surface area (Å²) in [5.41, 5.74) is 5.45. The van der Waals surface area contributed by atoms with Crippen LogP contribution in [0.3, 0.4) is 0 Å². The van der Waals surface area contributed by atoms with E-state index in [1.54, 1.807) is 0 Å². The van der Waals surface area contributed by atoms with Gasteiger partial charge in [-0.2, -0.15) is 0 Å². The third kappa shape index (κ3) is 3.47. The van der Waals surface area contributed by atoms with Crippen LogP contribution < -0.4 is 0 Å². The van der Waals surface area contributed by atoms with Gasteiger partial charge in [0.15, 0.2) is 0 Å². The highest BCUT2D eigenvalue weighted by Crippen LogP contribution is 2.45. The van der Waals surface area contributed by atoms with Gasteiger partial charge in [-0.1, -0.05) is 78.9 Å². The van der Waals surface area contributed by atoms with Crippen molar-refractivity contribution in [2.75, 3.05) is 12.4 Å². The predicted octanol–water partition coefficient (Wildman–Crippen LogP) is 5.14. The summed E-state index contributed by atoms with van der Waals surface area (Å²) in [4.78, 5) is 26.3. The van der Waals surface area contributed by atoms with Crippen molar-refractivity contribution >= 4 is 23.8 Å². The average Bonchev–Trinajstić information content (AvgIpc) is 3.38. The molecule has 1 N–H and O–H groups in total. The SMILES string of the molecule is O=C(O)[C@H]1CS[C@@H](c2ccccc2)N1C(=O)OCC1c2ccccc2-c2ccccc21. The molecule has 0 bridgehead atoms.